The molecule has 1 aliphatic rings. The molecule has 0 unspecified atom stereocenters. The largest absolute Gasteiger partial charge is 0.450 e. The van der Waals surface area contributed by atoms with Gasteiger partial charge in [0.05, 0.1) is 0 Å². The Morgan fingerprint density at radius 1 is 1.04 bits per heavy atom. The van der Waals surface area contributed by atoms with Crippen LogP contribution in [0.15, 0.2) is 22.6 Å². The van der Waals surface area contributed by atoms with Crippen LogP contribution in [0.3, 0.4) is 0 Å². The molecule has 27 heavy (non-hydrogen) atoms. The summed E-state index contributed by atoms with van der Waals surface area (Å²) in [5, 5.41) is 3.54. The van der Waals surface area contributed by atoms with Crippen molar-refractivity contribution in [3.63, 3.8) is 0 Å². The van der Waals surface area contributed by atoms with Crippen molar-refractivity contribution in [2.45, 2.75) is 33.7 Å². The third kappa shape index (κ3) is 3.67. The van der Waals surface area contributed by atoms with Gasteiger partial charge in [0.15, 0.2) is 5.76 Å². The summed E-state index contributed by atoms with van der Waals surface area (Å²) in [6.45, 7) is 8.84. The normalized spacial score (nSPS) is 14.7. The molecule has 1 aliphatic heterocycles. The van der Waals surface area contributed by atoms with Crippen LogP contribution in [-0.2, 0) is 9.59 Å². The standard InChI is InChI=1S/C20H25N3O4/c1-12(2)21-18(24)20(26)23-10-8-22(9-11-23)19(25)17-14(4)15-7-5-6-13(3)16(15)27-17/h5-7,12H,8-11H2,1-4H3,(H,21,24). The van der Waals surface area contributed by atoms with Crippen LogP contribution >= 0.6 is 0 Å². The van der Waals surface area contributed by atoms with Crippen LogP contribution in [0.1, 0.15) is 35.5 Å². The van der Waals surface area contributed by atoms with Crippen molar-refractivity contribution in [1.82, 2.24) is 15.1 Å². The van der Waals surface area contributed by atoms with E-state index in [1.165, 1.54) is 4.90 Å². The smallest absolute Gasteiger partial charge is 0.312 e. The number of benzene rings is 1. The van der Waals surface area contributed by atoms with Gasteiger partial charge < -0.3 is 19.5 Å². The number of furan rings is 1. The monoisotopic (exact) mass is 371 g/mol. The summed E-state index contributed by atoms with van der Waals surface area (Å²) in [4.78, 5) is 40.1. The van der Waals surface area contributed by atoms with Crippen LogP contribution < -0.4 is 5.32 Å². The number of nitrogens with zero attached hydrogens (tertiary/aromatic N) is 2. The Kier molecular flexibility index (Phi) is 5.21. The fourth-order valence-corrected chi connectivity index (χ4v) is 3.31. The van der Waals surface area contributed by atoms with Gasteiger partial charge in [-0.1, -0.05) is 18.2 Å². The molecule has 3 amide bonds. The average molecular weight is 371 g/mol. The molecule has 7 nitrogen and oxygen atoms in total. The second-order valence-corrected chi connectivity index (χ2v) is 7.22. The Hall–Kier alpha value is -2.83. The number of hydrogen-bond acceptors (Lipinski definition) is 4. The highest BCUT2D eigenvalue weighted by Crippen LogP contribution is 2.28. The van der Waals surface area contributed by atoms with E-state index in [2.05, 4.69) is 5.32 Å². The average Bonchev–Trinajstić information content (AvgIpc) is 2.98. The van der Waals surface area contributed by atoms with Crippen LogP contribution in [0.25, 0.3) is 11.0 Å². The lowest BCUT2D eigenvalue weighted by molar-refractivity contribution is -0.147. The van der Waals surface area contributed by atoms with Gasteiger partial charge in [0.25, 0.3) is 5.91 Å². The fraction of sp³-hybridized carbons (Fsp3) is 0.450. The number of carbonyl (C=O) groups excluding carboxylic acids is 3. The van der Waals surface area contributed by atoms with E-state index in [1.54, 1.807) is 18.7 Å². The highest BCUT2D eigenvalue weighted by molar-refractivity contribution is 6.35. The SMILES string of the molecule is Cc1c(C(=O)N2CCN(C(=O)C(=O)NC(C)C)CC2)oc2c(C)cccc12. The van der Waals surface area contributed by atoms with Crippen molar-refractivity contribution < 1.29 is 18.8 Å². The quantitative estimate of drug-likeness (QED) is 0.817. The lowest BCUT2D eigenvalue weighted by Gasteiger charge is -2.34. The summed E-state index contributed by atoms with van der Waals surface area (Å²) in [5.41, 5.74) is 2.55. The molecule has 7 heteroatoms. The number of piperazine rings is 1. The van der Waals surface area contributed by atoms with E-state index >= 15 is 0 Å². The second-order valence-electron chi connectivity index (χ2n) is 7.22. The molecule has 0 radical (unpaired) electrons. The number of rotatable bonds is 2. The molecule has 2 heterocycles. The maximum atomic E-state index is 12.9. The van der Waals surface area contributed by atoms with Gasteiger partial charge >= 0.3 is 11.8 Å². The Morgan fingerprint density at radius 2 is 1.67 bits per heavy atom. The first-order valence-corrected chi connectivity index (χ1v) is 9.17. The van der Waals surface area contributed by atoms with E-state index < -0.39 is 11.8 Å². The molecule has 0 saturated carbocycles. The van der Waals surface area contributed by atoms with E-state index in [0.29, 0.717) is 31.9 Å². The van der Waals surface area contributed by atoms with Gasteiger partial charge in [0.2, 0.25) is 0 Å². The Bertz CT molecular complexity index is 892. The van der Waals surface area contributed by atoms with Crippen LogP contribution in [0, 0.1) is 13.8 Å². The number of carbonyl (C=O) groups is 3. The number of aryl methyl sites for hydroxylation is 2. The van der Waals surface area contributed by atoms with E-state index in [4.69, 9.17) is 4.42 Å². The van der Waals surface area contributed by atoms with Gasteiger partial charge in [0.1, 0.15) is 5.58 Å². The molecule has 0 spiro atoms. The van der Waals surface area contributed by atoms with E-state index in [9.17, 15) is 14.4 Å². The first-order chi connectivity index (χ1) is 12.8. The molecular weight excluding hydrogens is 346 g/mol. The van der Waals surface area contributed by atoms with Gasteiger partial charge in [-0.15, -0.1) is 0 Å². The number of fused-ring (bicyclic) bond motifs is 1. The summed E-state index contributed by atoms with van der Waals surface area (Å²) in [6.07, 6.45) is 0. The summed E-state index contributed by atoms with van der Waals surface area (Å²) in [7, 11) is 0. The van der Waals surface area contributed by atoms with Gasteiger partial charge in [0, 0.05) is 43.2 Å². The topological polar surface area (TPSA) is 82.9 Å². The van der Waals surface area contributed by atoms with Crippen molar-refractivity contribution in [2.75, 3.05) is 26.2 Å². The van der Waals surface area contributed by atoms with Crippen molar-refractivity contribution in [3.05, 3.63) is 35.1 Å². The van der Waals surface area contributed by atoms with Crippen molar-refractivity contribution in [2.24, 2.45) is 0 Å². The molecule has 1 aromatic heterocycles. The minimum absolute atomic E-state index is 0.0937. The molecular formula is C20H25N3O4. The lowest BCUT2D eigenvalue weighted by atomic mass is 10.1. The predicted molar refractivity (Wildman–Crippen MR) is 101 cm³/mol. The number of amides is 3. The third-order valence-corrected chi connectivity index (χ3v) is 4.82. The first kappa shape index (κ1) is 18.9. The zero-order valence-corrected chi connectivity index (χ0v) is 16.2. The highest BCUT2D eigenvalue weighted by Gasteiger charge is 2.30. The number of nitrogens with one attached hydrogen (secondary N) is 1. The van der Waals surface area contributed by atoms with Crippen molar-refractivity contribution in [3.8, 4) is 0 Å². The molecule has 0 aliphatic carbocycles. The van der Waals surface area contributed by atoms with Gasteiger partial charge in [-0.3, -0.25) is 14.4 Å². The van der Waals surface area contributed by atoms with Crippen LogP contribution in [-0.4, -0.2) is 59.7 Å². The zero-order valence-electron chi connectivity index (χ0n) is 16.2. The van der Waals surface area contributed by atoms with E-state index in [1.807, 2.05) is 32.0 Å². The predicted octanol–water partition coefficient (Wildman–Crippen LogP) is 1.86. The molecule has 3 rings (SSSR count). The van der Waals surface area contributed by atoms with Crippen LogP contribution in [0.4, 0.5) is 0 Å². The molecule has 2 aromatic rings. The van der Waals surface area contributed by atoms with Gasteiger partial charge in [-0.05, 0) is 33.3 Å². The minimum Gasteiger partial charge on any atom is -0.450 e. The van der Waals surface area contributed by atoms with Crippen LogP contribution in [0.2, 0.25) is 0 Å². The Balaban J connectivity index is 1.69. The Morgan fingerprint density at radius 3 is 2.26 bits per heavy atom. The summed E-state index contributed by atoms with van der Waals surface area (Å²) >= 11 is 0. The molecule has 1 N–H and O–H groups in total. The van der Waals surface area contributed by atoms with Gasteiger partial charge in [-0.2, -0.15) is 0 Å². The third-order valence-electron chi connectivity index (χ3n) is 4.82. The van der Waals surface area contributed by atoms with Crippen LogP contribution in [0.5, 0.6) is 0 Å². The molecule has 0 atom stereocenters. The fourth-order valence-electron chi connectivity index (χ4n) is 3.31. The lowest BCUT2D eigenvalue weighted by Crippen LogP contribution is -2.54. The molecule has 0 bridgehead atoms. The van der Waals surface area contributed by atoms with Crippen molar-refractivity contribution in [1.29, 1.82) is 0 Å². The maximum Gasteiger partial charge on any atom is 0.312 e. The van der Waals surface area contributed by atoms with E-state index in [-0.39, 0.29) is 11.9 Å². The second kappa shape index (κ2) is 7.42. The molecule has 144 valence electrons. The van der Waals surface area contributed by atoms with E-state index in [0.717, 1.165) is 22.1 Å². The summed E-state index contributed by atoms with van der Waals surface area (Å²) in [6, 6.07) is 5.75. The zero-order chi connectivity index (χ0) is 19.7. The maximum absolute atomic E-state index is 12.9. The van der Waals surface area contributed by atoms with Gasteiger partial charge in [-0.25, -0.2) is 0 Å². The molecule has 1 fully saturated rings. The minimum atomic E-state index is -0.603. The molecule has 1 saturated heterocycles. The van der Waals surface area contributed by atoms with Crippen molar-refractivity contribution >= 4 is 28.7 Å². The molecule has 1 aromatic carbocycles. The summed E-state index contributed by atoms with van der Waals surface area (Å²) < 4.78 is 5.87. The number of para-hydroxylation sites is 1. The summed E-state index contributed by atoms with van der Waals surface area (Å²) in [5.74, 6) is -0.988. The first-order valence-electron chi connectivity index (χ1n) is 9.17. The Labute approximate surface area is 158 Å². The number of hydrogen-bond donors (Lipinski definition) is 1. The highest BCUT2D eigenvalue weighted by atomic mass is 16.3.